The van der Waals surface area contributed by atoms with Crippen molar-refractivity contribution < 1.29 is 0 Å². The number of nitrogens with one attached hydrogen (secondary N) is 1. The van der Waals surface area contributed by atoms with E-state index in [4.69, 9.17) is 4.98 Å². The van der Waals surface area contributed by atoms with Gasteiger partial charge >= 0.3 is 0 Å². The molecule has 3 heterocycles. The Morgan fingerprint density at radius 2 is 1.76 bits per heavy atom. The number of amidine groups is 1. The van der Waals surface area contributed by atoms with Gasteiger partial charge in [0.2, 0.25) is 11.9 Å². The van der Waals surface area contributed by atoms with Crippen molar-refractivity contribution >= 4 is 45.8 Å². The van der Waals surface area contributed by atoms with Crippen molar-refractivity contribution in [1.29, 1.82) is 0 Å². The van der Waals surface area contributed by atoms with E-state index in [1.807, 2.05) is 42.5 Å². The Bertz CT molecular complexity index is 957. The Morgan fingerprint density at radius 3 is 2.45 bits per heavy atom. The first-order chi connectivity index (χ1) is 14.0. The first kappa shape index (κ1) is 19.7. The summed E-state index contributed by atoms with van der Waals surface area (Å²) in [5.74, 6) is 2.64. The minimum atomic E-state index is 0.522. The van der Waals surface area contributed by atoms with Crippen molar-refractivity contribution in [2.45, 2.75) is 6.92 Å². The standard InChI is InChI=1S/C21H24BrN7/c1-15-13-19(23-14-15)25-20-24-18(8-5-16-3-6-17(22)7-4-16)26-21(27-20)29-11-9-28(2)10-12-29/h3-8,13H,9-12,14H2,1-2H3,(H,23,24,25,26,27)/b8-5+. The molecule has 29 heavy (non-hydrogen) atoms. The summed E-state index contributed by atoms with van der Waals surface area (Å²) >= 11 is 3.46. The normalized spacial score (nSPS) is 17.6. The van der Waals surface area contributed by atoms with Crippen molar-refractivity contribution in [3.8, 4) is 0 Å². The Labute approximate surface area is 179 Å². The molecule has 1 N–H and O–H groups in total. The average molecular weight is 454 g/mol. The van der Waals surface area contributed by atoms with E-state index >= 15 is 0 Å². The van der Waals surface area contributed by atoms with E-state index in [-0.39, 0.29) is 0 Å². The molecule has 2 aromatic rings. The summed E-state index contributed by atoms with van der Waals surface area (Å²) in [6.07, 6.45) is 5.96. The van der Waals surface area contributed by atoms with Crippen LogP contribution in [0.3, 0.4) is 0 Å². The highest BCUT2D eigenvalue weighted by atomic mass is 79.9. The van der Waals surface area contributed by atoms with E-state index < -0.39 is 0 Å². The van der Waals surface area contributed by atoms with Crippen molar-refractivity contribution in [2.24, 2.45) is 4.99 Å². The molecule has 0 aliphatic carbocycles. The number of anilines is 2. The summed E-state index contributed by atoms with van der Waals surface area (Å²) in [7, 11) is 2.14. The molecule has 4 rings (SSSR count). The molecular formula is C21H24BrN7. The van der Waals surface area contributed by atoms with E-state index in [0.29, 0.717) is 17.7 Å². The van der Waals surface area contributed by atoms with Gasteiger partial charge in [0, 0.05) is 30.7 Å². The number of benzene rings is 1. The molecule has 1 aromatic heterocycles. The van der Waals surface area contributed by atoms with E-state index in [2.05, 4.69) is 60.0 Å². The highest BCUT2D eigenvalue weighted by Gasteiger charge is 2.18. The fourth-order valence-electron chi connectivity index (χ4n) is 3.13. The molecular weight excluding hydrogens is 430 g/mol. The van der Waals surface area contributed by atoms with Gasteiger partial charge in [-0.15, -0.1) is 0 Å². The average Bonchev–Trinajstić information content (AvgIpc) is 3.12. The van der Waals surface area contributed by atoms with E-state index in [1.54, 1.807) is 0 Å². The van der Waals surface area contributed by atoms with Gasteiger partial charge in [0.15, 0.2) is 5.82 Å². The highest BCUT2D eigenvalue weighted by Crippen LogP contribution is 2.17. The van der Waals surface area contributed by atoms with Crippen LogP contribution in [0.5, 0.6) is 0 Å². The van der Waals surface area contributed by atoms with Gasteiger partial charge in [-0.25, -0.2) is 0 Å². The van der Waals surface area contributed by atoms with Crippen molar-refractivity contribution in [3.63, 3.8) is 0 Å². The van der Waals surface area contributed by atoms with Crippen LogP contribution in [0, 0.1) is 0 Å². The molecule has 0 spiro atoms. The van der Waals surface area contributed by atoms with Gasteiger partial charge in [0.25, 0.3) is 0 Å². The maximum absolute atomic E-state index is 4.70. The topological polar surface area (TPSA) is 69.5 Å². The summed E-state index contributed by atoms with van der Waals surface area (Å²) in [6.45, 7) is 6.56. The van der Waals surface area contributed by atoms with Gasteiger partial charge in [0.05, 0.1) is 6.54 Å². The SMILES string of the molecule is CC1=CC(Nc2nc(/C=C/c3ccc(Br)cc3)nc(N3CCN(C)CC3)n2)=NC1. The predicted molar refractivity (Wildman–Crippen MR) is 122 cm³/mol. The zero-order chi connectivity index (χ0) is 20.2. The molecule has 0 radical (unpaired) electrons. The minimum Gasteiger partial charge on any atom is -0.338 e. The van der Waals surface area contributed by atoms with Gasteiger partial charge in [0.1, 0.15) is 5.84 Å². The molecule has 2 aliphatic rings. The minimum absolute atomic E-state index is 0.522. The number of hydrogen-bond acceptors (Lipinski definition) is 7. The van der Waals surface area contributed by atoms with E-state index in [1.165, 1.54) is 5.57 Å². The number of likely N-dealkylation sites (N-methyl/N-ethyl adjacent to an activating group) is 1. The van der Waals surface area contributed by atoms with Crippen LogP contribution in [0.2, 0.25) is 0 Å². The molecule has 8 heteroatoms. The van der Waals surface area contributed by atoms with Crippen molar-refractivity contribution in [2.75, 3.05) is 50.0 Å². The molecule has 0 amide bonds. The summed E-state index contributed by atoms with van der Waals surface area (Å²) in [5.41, 5.74) is 2.30. The summed E-state index contributed by atoms with van der Waals surface area (Å²) in [5, 5.41) is 3.24. The number of aliphatic imine (C=N–C) groups is 1. The number of aromatic nitrogens is 3. The lowest BCUT2D eigenvalue weighted by Gasteiger charge is -2.32. The Balaban J connectivity index is 1.61. The molecule has 7 nitrogen and oxygen atoms in total. The smallest absolute Gasteiger partial charge is 0.233 e. The van der Waals surface area contributed by atoms with Crippen LogP contribution in [0.4, 0.5) is 11.9 Å². The van der Waals surface area contributed by atoms with Gasteiger partial charge < -0.3 is 15.1 Å². The maximum Gasteiger partial charge on any atom is 0.233 e. The van der Waals surface area contributed by atoms with Crippen LogP contribution in [0.25, 0.3) is 12.2 Å². The first-order valence-corrected chi connectivity index (χ1v) is 10.5. The molecule has 0 unspecified atom stereocenters. The maximum atomic E-state index is 4.70. The lowest BCUT2D eigenvalue weighted by molar-refractivity contribution is 0.311. The summed E-state index contributed by atoms with van der Waals surface area (Å²) in [6, 6.07) is 8.12. The zero-order valence-corrected chi connectivity index (χ0v) is 18.2. The Hall–Kier alpha value is -2.58. The van der Waals surface area contributed by atoms with Crippen LogP contribution in [0.15, 0.2) is 45.4 Å². The fraction of sp³-hybridized carbons (Fsp3) is 0.333. The molecule has 2 aliphatic heterocycles. The first-order valence-electron chi connectivity index (χ1n) is 9.67. The summed E-state index contributed by atoms with van der Waals surface area (Å²) in [4.78, 5) is 22.9. The molecule has 0 atom stereocenters. The molecule has 1 fully saturated rings. The largest absolute Gasteiger partial charge is 0.338 e. The van der Waals surface area contributed by atoms with E-state index in [0.717, 1.165) is 48.6 Å². The fourth-order valence-corrected chi connectivity index (χ4v) is 3.39. The lowest BCUT2D eigenvalue weighted by Crippen LogP contribution is -2.45. The number of hydrogen-bond donors (Lipinski definition) is 1. The van der Waals surface area contributed by atoms with Crippen LogP contribution in [-0.2, 0) is 0 Å². The van der Waals surface area contributed by atoms with Crippen LogP contribution < -0.4 is 10.2 Å². The zero-order valence-electron chi connectivity index (χ0n) is 16.6. The van der Waals surface area contributed by atoms with Crippen LogP contribution in [-0.4, -0.2) is 65.5 Å². The second kappa shape index (κ2) is 8.84. The molecule has 0 bridgehead atoms. The molecule has 1 aromatic carbocycles. The van der Waals surface area contributed by atoms with E-state index in [9.17, 15) is 0 Å². The van der Waals surface area contributed by atoms with Gasteiger partial charge in [-0.1, -0.05) is 34.1 Å². The third-order valence-corrected chi connectivity index (χ3v) is 5.37. The number of rotatable bonds is 4. The van der Waals surface area contributed by atoms with Crippen molar-refractivity contribution in [1.82, 2.24) is 19.9 Å². The van der Waals surface area contributed by atoms with Gasteiger partial charge in [-0.05, 0) is 49.4 Å². The molecule has 1 saturated heterocycles. The van der Waals surface area contributed by atoms with Crippen LogP contribution in [0.1, 0.15) is 18.3 Å². The monoisotopic (exact) mass is 453 g/mol. The van der Waals surface area contributed by atoms with Gasteiger partial charge in [-0.3, -0.25) is 4.99 Å². The Morgan fingerprint density at radius 1 is 1.00 bits per heavy atom. The highest BCUT2D eigenvalue weighted by molar-refractivity contribution is 9.10. The number of piperazine rings is 1. The van der Waals surface area contributed by atoms with Crippen LogP contribution >= 0.6 is 15.9 Å². The third-order valence-electron chi connectivity index (χ3n) is 4.84. The molecule has 0 saturated carbocycles. The lowest BCUT2D eigenvalue weighted by atomic mass is 10.2. The quantitative estimate of drug-likeness (QED) is 0.765. The van der Waals surface area contributed by atoms with Gasteiger partial charge in [-0.2, -0.15) is 15.0 Å². The van der Waals surface area contributed by atoms with Crippen molar-refractivity contribution in [3.05, 3.63) is 51.8 Å². The second-order valence-corrected chi connectivity index (χ2v) is 8.23. The summed E-state index contributed by atoms with van der Waals surface area (Å²) < 4.78 is 1.05. The third kappa shape index (κ3) is 5.27. The number of nitrogens with zero attached hydrogens (tertiary/aromatic N) is 6. The second-order valence-electron chi connectivity index (χ2n) is 7.31. The Kier molecular flexibility index (Phi) is 6.01. The predicted octanol–water partition coefficient (Wildman–Crippen LogP) is 3.33. The number of halogens is 1. The molecule has 150 valence electrons.